The van der Waals surface area contributed by atoms with Crippen LogP contribution in [0.3, 0.4) is 0 Å². The van der Waals surface area contributed by atoms with E-state index in [9.17, 15) is 19.8 Å². The second-order valence-electron chi connectivity index (χ2n) is 3.75. The maximum Gasteiger partial charge on any atom is 0.335 e. The number of ether oxygens (including phenoxy) is 1. The maximum absolute atomic E-state index is 10.9. The third kappa shape index (κ3) is 8.50. The van der Waals surface area contributed by atoms with Gasteiger partial charge in [-0.1, -0.05) is 41.9 Å². The van der Waals surface area contributed by atoms with Crippen LogP contribution in [0.5, 0.6) is 11.5 Å². The summed E-state index contributed by atoms with van der Waals surface area (Å²) >= 11 is 0. The Morgan fingerprint density at radius 1 is 1.09 bits per heavy atom. The Morgan fingerprint density at radius 3 is 1.96 bits per heavy atom. The number of carbonyl (C=O) groups excluding carboxylic acids is 1. The lowest BCUT2D eigenvalue weighted by atomic mass is 10.1. The minimum atomic E-state index is -1.24. The molecule has 0 fully saturated rings. The van der Waals surface area contributed by atoms with Crippen molar-refractivity contribution in [1.29, 1.82) is 0 Å². The lowest BCUT2D eigenvalue weighted by Gasteiger charge is -2.04. The first kappa shape index (κ1) is 28.6. The summed E-state index contributed by atoms with van der Waals surface area (Å²) in [5.74, 6) is -2.29. The van der Waals surface area contributed by atoms with Crippen LogP contribution < -0.4 is 0 Å². The molecule has 0 saturated carbocycles. The van der Waals surface area contributed by atoms with Crippen LogP contribution in [0.1, 0.15) is 58.5 Å². The number of hydrogen-bond donors (Lipinski definition) is 3. The number of phenolic OH excluding ortho intramolecular Hbond substituents is 2. The molecule has 0 aliphatic heterocycles. The fourth-order valence-electron chi connectivity index (χ4n) is 1.42. The molecule has 0 saturated heterocycles. The molecule has 0 atom stereocenters. The van der Waals surface area contributed by atoms with E-state index in [0.717, 1.165) is 12.1 Å². The van der Waals surface area contributed by atoms with Gasteiger partial charge in [-0.05, 0) is 18.6 Å². The number of benzene rings is 1. The average molecular weight is 330 g/mol. The number of phenols is 2. The van der Waals surface area contributed by atoms with Gasteiger partial charge in [0.15, 0.2) is 0 Å². The standard InChI is InChI=1S/C13H14O6.4CH4/c1-19-12(16)5-3-2-4-9-10(14)6-8(13(17)18)7-11(9)15;;;;/h2,4,6-7,14-15H,3,5H2,1H3,(H,17,18);4*1H4/b4-2+;;;;. The van der Waals surface area contributed by atoms with Crippen LogP contribution in [-0.2, 0) is 9.53 Å². The Balaban J connectivity index is -0.000000451. The van der Waals surface area contributed by atoms with E-state index in [-0.39, 0.29) is 64.7 Å². The van der Waals surface area contributed by atoms with Crippen LogP contribution in [0.25, 0.3) is 6.08 Å². The van der Waals surface area contributed by atoms with E-state index in [1.807, 2.05) is 0 Å². The molecule has 1 aromatic carbocycles. The first-order chi connectivity index (χ1) is 8.95. The minimum absolute atomic E-state index is 0. The van der Waals surface area contributed by atoms with Crippen LogP contribution in [-0.4, -0.2) is 34.4 Å². The van der Waals surface area contributed by atoms with Crippen molar-refractivity contribution in [3.05, 3.63) is 29.3 Å². The molecule has 0 unspecified atom stereocenters. The number of methoxy groups -OCH3 is 1. The average Bonchev–Trinajstić information content (AvgIpc) is 2.36. The van der Waals surface area contributed by atoms with Gasteiger partial charge < -0.3 is 20.1 Å². The number of carbonyl (C=O) groups is 2. The second kappa shape index (κ2) is 13.2. The SMILES string of the molecule is C.C.C.C.COC(=O)CC/C=C/c1c(O)cc(C(=O)O)cc1O. The molecule has 0 spiro atoms. The Morgan fingerprint density at radius 2 is 1.57 bits per heavy atom. The highest BCUT2D eigenvalue weighted by Crippen LogP contribution is 2.30. The van der Waals surface area contributed by atoms with Crippen molar-refractivity contribution in [3.8, 4) is 11.5 Å². The number of carboxylic acid groups (broad SMARTS) is 1. The third-order valence-electron chi connectivity index (χ3n) is 2.41. The van der Waals surface area contributed by atoms with Gasteiger partial charge in [0.05, 0.1) is 18.2 Å². The summed E-state index contributed by atoms with van der Waals surface area (Å²) in [5, 5.41) is 28.0. The summed E-state index contributed by atoms with van der Waals surface area (Å²) in [5.41, 5.74) is -0.100. The second-order valence-corrected chi connectivity index (χ2v) is 3.75. The van der Waals surface area contributed by atoms with Gasteiger partial charge >= 0.3 is 11.9 Å². The van der Waals surface area contributed by atoms with Gasteiger partial charge in [0, 0.05) is 6.42 Å². The minimum Gasteiger partial charge on any atom is -0.507 e. The quantitative estimate of drug-likeness (QED) is 0.695. The van der Waals surface area contributed by atoms with Gasteiger partial charge in [-0.3, -0.25) is 4.79 Å². The van der Waals surface area contributed by atoms with E-state index >= 15 is 0 Å². The number of rotatable bonds is 5. The molecule has 0 bridgehead atoms. The van der Waals surface area contributed by atoms with Crippen molar-refractivity contribution in [2.24, 2.45) is 0 Å². The zero-order valence-corrected chi connectivity index (χ0v) is 10.3. The molecule has 23 heavy (non-hydrogen) atoms. The van der Waals surface area contributed by atoms with E-state index in [1.165, 1.54) is 13.2 Å². The highest BCUT2D eigenvalue weighted by molar-refractivity contribution is 5.89. The zero-order chi connectivity index (χ0) is 14.4. The predicted molar refractivity (Wildman–Crippen MR) is 93.9 cm³/mol. The van der Waals surface area contributed by atoms with Crippen molar-refractivity contribution in [1.82, 2.24) is 0 Å². The first-order valence-corrected chi connectivity index (χ1v) is 5.48. The molecule has 1 aromatic rings. The number of aromatic carboxylic acids is 1. The molecule has 0 heterocycles. The van der Waals surface area contributed by atoms with Gasteiger partial charge in [0.25, 0.3) is 0 Å². The van der Waals surface area contributed by atoms with Gasteiger partial charge in [-0.25, -0.2) is 4.79 Å². The van der Waals surface area contributed by atoms with Crippen LogP contribution in [0.2, 0.25) is 0 Å². The number of aromatic hydroxyl groups is 2. The van der Waals surface area contributed by atoms with Crippen molar-refractivity contribution >= 4 is 18.0 Å². The molecule has 6 nitrogen and oxygen atoms in total. The topological polar surface area (TPSA) is 104 Å². The molecule has 134 valence electrons. The van der Waals surface area contributed by atoms with Crippen LogP contribution in [0.4, 0.5) is 0 Å². The van der Waals surface area contributed by atoms with Gasteiger partial charge in [-0.15, -0.1) is 0 Å². The summed E-state index contributed by atoms with van der Waals surface area (Å²) in [7, 11) is 1.29. The number of hydrogen-bond acceptors (Lipinski definition) is 5. The van der Waals surface area contributed by atoms with Crippen molar-refractivity contribution in [2.75, 3.05) is 7.11 Å². The molecule has 0 aromatic heterocycles. The highest BCUT2D eigenvalue weighted by atomic mass is 16.5. The van der Waals surface area contributed by atoms with E-state index in [1.54, 1.807) is 6.08 Å². The molecule has 0 radical (unpaired) electrons. The van der Waals surface area contributed by atoms with Crippen molar-refractivity contribution in [3.63, 3.8) is 0 Å². The summed E-state index contributed by atoms with van der Waals surface area (Å²) in [4.78, 5) is 21.5. The fraction of sp³-hybridized carbons (Fsp3) is 0.412. The van der Waals surface area contributed by atoms with Crippen LogP contribution in [0.15, 0.2) is 18.2 Å². The lowest BCUT2D eigenvalue weighted by Crippen LogP contribution is -1.98. The molecular weight excluding hydrogens is 300 g/mol. The molecule has 0 amide bonds. The molecule has 0 aliphatic carbocycles. The van der Waals surface area contributed by atoms with E-state index in [0.29, 0.717) is 6.42 Å². The Hall–Kier alpha value is -2.50. The molecular formula is C17H30O6. The maximum atomic E-state index is 10.9. The van der Waals surface area contributed by atoms with Crippen molar-refractivity contribution < 1.29 is 29.6 Å². The Labute approximate surface area is 139 Å². The summed E-state index contributed by atoms with van der Waals surface area (Å²) in [6.07, 6.45) is 3.55. The molecule has 3 N–H and O–H groups in total. The largest absolute Gasteiger partial charge is 0.507 e. The number of allylic oxidation sites excluding steroid dienone is 1. The number of esters is 1. The molecule has 1 rings (SSSR count). The molecule has 6 heteroatoms. The van der Waals surface area contributed by atoms with E-state index < -0.39 is 5.97 Å². The Bertz CT molecular complexity index is 497. The smallest absolute Gasteiger partial charge is 0.335 e. The summed E-state index contributed by atoms with van der Waals surface area (Å²) < 4.78 is 4.46. The van der Waals surface area contributed by atoms with Crippen molar-refractivity contribution in [2.45, 2.75) is 42.5 Å². The van der Waals surface area contributed by atoms with Gasteiger partial charge in [0.2, 0.25) is 0 Å². The fourth-order valence-corrected chi connectivity index (χ4v) is 1.42. The number of carboxylic acids is 1. The monoisotopic (exact) mass is 330 g/mol. The Kier molecular flexibility index (Phi) is 16.4. The normalized spacial score (nSPS) is 8.74. The first-order valence-electron chi connectivity index (χ1n) is 5.48. The van der Waals surface area contributed by atoms with Gasteiger partial charge in [0.1, 0.15) is 11.5 Å². The third-order valence-corrected chi connectivity index (χ3v) is 2.41. The summed E-state index contributed by atoms with van der Waals surface area (Å²) in [6.45, 7) is 0. The molecule has 0 aliphatic rings. The van der Waals surface area contributed by atoms with E-state index in [2.05, 4.69) is 4.74 Å². The van der Waals surface area contributed by atoms with Gasteiger partial charge in [-0.2, -0.15) is 0 Å². The lowest BCUT2D eigenvalue weighted by molar-refractivity contribution is -0.140. The predicted octanol–water partition coefficient (Wildman–Crippen LogP) is 4.31. The van der Waals surface area contributed by atoms with E-state index in [4.69, 9.17) is 5.11 Å². The highest BCUT2D eigenvalue weighted by Gasteiger charge is 2.11. The summed E-state index contributed by atoms with van der Waals surface area (Å²) in [6, 6.07) is 2.09. The van der Waals surface area contributed by atoms with Crippen LogP contribution in [0, 0.1) is 0 Å². The van der Waals surface area contributed by atoms with Crippen LogP contribution >= 0.6 is 0 Å². The zero-order valence-electron chi connectivity index (χ0n) is 10.3.